The van der Waals surface area contributed by atoms with Crippen molar-refractivity contribution >= 4 is 39.5 Å². The highest BCUT2D eigenvalue weighted by atomic mass is 31.2. The summed E-state index contributed by atoms with van der Waals surface area (Å²) in [5.41, 5.74) is 0. The predicted molar refractivity (Wildman–Crippen MR) is 432 cm³/mol. The van der Waals surface area contributed by atoms with Crippen LogP contribution in [0.2, 0.25) is 0 Å². The lowest BCUT2D eigenvalue weighted by atomic mass is 10.0. The van der Waals surface area contributed by atoms with Crippen LogP contribution in [0.5, 0.6) is 0 Å². The third-order valence-electron chi connectivity index (χ3n) is 20.1. The highest BCUT2D eigenvalue weighted by Crippen LogP contribution is 2.45. The number of aliphatic hydroxyl groups is 1. The van der Waals surface area contributed by atoms with E-state index in [1.807, 2.05) is 0 Å². The molecule has 19 heteroatoms. The third kappa shape index (κ3) is 79.9. The number of phosphoric acid groups is 2. The van der Waals surface area contributed by atoms with Gasteiger partial charge >= 0.3 is 39.5 Å². The van der Waals surface area contributed by atoms with Crippen molar-refractivity contribution in [2.45, 2.75) is 471 Å². The zero-order valence-corrected chi connectivity index (χ0v) is 71.0. The average Bonchev–Trinajstić information content (AvgIpc) is 0.925. The summed E-state index contributed by atoms with van der Waals surface area (Å²) >= 11 is 0. The van der Waals surface area contributed by atoms with Gasteiger partial charge in [-0.05, 0) is 43.4 Å². The minimum atomic E-state index is -4.97. The summed E-state index contributed by atoms with van der Waals surface area (Å²) in [7, 11) is -9.93. The fourth-order valence-corrected chi connectivity index (χ4v) is 14.9. The minimum absolute atomic E-state index is 0.106. The molecule has 0 aromatic carbocycles. The highest BCUT2D eigenvalue weighted by molar-refractivity contribution is 7.47. The maximum atomic E-state index is 13.1. The summed E-state index contributed by atoms with van der Waals surface area (Å²) < 4.78 is 68.9. The number of aliphatic hydroxyl groups excluding tert-OH is 1. The van der Waals surface area contributed by atoms with Gasteiger partial charge in [-0.25, -0.2) is 9.13 Å². The van der Waals surface area contributed by atoms with Crippen molar-refractivity contribution in [2.75, 3.05) is 39.6 Å². The second-order valence-electron chi connectivity index (χ2n) is 32.4. The molecule has 0 bridgehead atoms. The first-order chi connectivity index (χ1) is 50.7. The van der Waals surface area contributed by atoms with Gasteiger partial charge in [0.05, 0.1) is 26.4 Å². The van der Waals surface area contributed by atoms with E-state index >= 15 is 0 Å². The molecule has 0 aliphatic heterocycles. The summed E-state index contributed by atoms with van der Waals surface area (Å²) in [6, 6.07) is 0. The van der Waals surface area contributed by atoms with Crippen LogP contribution in [0.1, 0.15) is 453 Å². The first-order valence-corrected chi connectivity index (χ1v) is 47.3. The van der Waals surface area contributed by atoms with Crippen molar-refractivity contribution in [1.82, 2.24) is 0 Å². The van der Waals surface area contributed by atoms with Gasteiger partial charge in [0.25, 0.3) is 0 Å². The second kappa shape index (κ2) is 76.1. The molecule has 2 unspecified atom stereocenters. The van der Waals surface area contributed by atoms with Crippen LogP contribution in [0.15, 0.2) is 0 Å². The van der Waals surface area contributed by atoms with Gasteiger partial charge in [-0.3, -0.25) is 37.3 Å². The van der Waals surface area contributed by atoms with Crippen molar-refractivity contribution in [3.05, 3.63) is 0 Å². The fourth-order valence-electron chi connectivity index (χ4n) is 13.4. The number of carbonyl (C=O) groups excluding carboxylic acids is 4. The molecule has 0 spiro atoms. The molecule has 5 atom stereocenters. The van der Waals surface area contributed by atoms with Crippen molar-refractivity contribution in [2.24, 2.45) is 17.8 Å². The summed E-state index contributed by atoms with van der Waals surface area (Å²) in [6.45, 7) is 12.0. The largest absolute Gasteiger partial charge is 0.472 e. The van der Waals surface area contributed by atoms with Gasteiger partial charge in [-0.2, -0.15) is 0 Å². The lowest BCUT2D eigenvalue weighted by Crippen LogP contribution is -2.30. The zero-order valence-electron chi connectivity index (χ0n) is 69.2. The lowest BCUT2D eigenvalue weighted by Gasteiger charge is -2.21. The van der Waals surface area contributed by atoms with E-state index in [2.05, 4.69) is 48.5 Å². The molecule has 3 N–H and O–H groups in total. The molecule has 105 heavy (non-hydrogen) atoms. The van der Waals surface area contributed by atoms with Gasteiger partial charge in [0.1, 0.15) is 19.3 Å². The van der Waals surface area contributed by atoms with E-state index in [0.717, 1.165) is 108 Å². The van der Waals surface area contributed by atoms with Crippen molar-refractivity contribution in [3.8, 4) is 0 Å². The number of carbonyl (C=O) groups is 4. The maximum absolute atomic E-state index is 13.1. The van der Waals surface area contributed by atoms with E-state index in [1.54, 1.807) is 0 Å². The molecule has 0 aromatic heterocycles. The average molecular weight is 1540 g/mol. The highest BCUT2D eigenvalue weighted by Gasteiger charge is 2.30. The Hall–Kier alpha value is -1.94. The van der Waals surface area contributed by atoms with Crippen LogP contribution < -0.4 is 0 Å². The van der Waals surface area contributed by atoms with Crippen LogP contribution in [-0.2, 0) is 65.4 Å². The Bertz CT molecular complexity index is 2030. The van der Waals surface area contributed by atoms with E-state index in [0.29, 0.717) is 25.7 Å². The van der Waals surface area contributed by atoms with Crippen molar-refractivity contribution in [3.63, 3.8) is 0 Å². The van der Waals surface area contributed by atoms with E-state index < -0.39 is 97.5 Å². The topological polar surface area (TPSA) is 237 Å². The maximum Gasteiger partial charge on any atom is 0.472 e. The Balaban J connectivity index is 5.23. The SMILES string of the molecule is CCCCCCCCCCCCCCCCCCCCCCCCC(=O)O[C@H](COC(=O)CCCCCCCCCCCCCCCCC(C)C)COP(=O)(O)OC[C@@H](O)COP(=O)(O)OC[C@@H](COC(=O)CCCCCCCCCCC(C)C)OC(=O)CCCCCCCCCCCCCCC(C)C. The molecule has 0 saturated heterocycles. The molecule has 0 fully saturated rings. The smallest absolute Gasteiger partial charge is 0.462 e. The molecule has 0 aliphatic carbocycles. The lowest BCUT2D eigenvalue weighted by molar-refractivity contribution is -0.161. The van der Waals surface area contributed by atoms with Gasteiger partial charge in [0, 0.05) is 25.7 Å². The normalized spacial score (nSPS) is 13.9. The first-order valence-electron chi connectivity index (χ1n) is 44.3. The standard InChI is InChI=1S/C86H168O17P2/c1-8-9-10-11-12-13-14-15-16-17-18-19-20-21-22-23-28-34-39-48-55-62-69-85(90)102-81(73-96-83(88)67-60-53-46-38-33-27-25-24-26-31-36-43-50-57-64-77(2)3)75-100-104(92,93)98-71-80(87)72-99-105(94,95)101-76-82(74-97-84(89)68-61-54-47-42-41-45-52-59-66-79(6)7)103-86(91)70-63-56-49-40-35-30-29-32-37-44-51-58-65-78(4)5/h77-82,87H,8-76H2,1-7H3,(H,92,93)(H,94,95)/t80-,81-,82-/m1/s1. The van der Waals surface area contributed by atoms with Crippen LogP contribution in [0, 0.1) is 17.8 Å². The van der Waals surface area contributed by atoms with Gasteiger partial charge in [0.2, 0.25) is 0 Å². The summed E-state index contributed by atoms with van der Waals surface area (Å²) in [5.74, 6) is 0.196. The zero-order chi connectivity index (χ0) is 77.2. The quantitative estimate of drug-likeness (QED) is 0.0222. The van der Waals surface area contributed by atoms with Crippen molar-refractivity contribution < 1.29 is 80.2 Å². The van der Waals surface area contributed by atoms with E-state index in [1.165, 1.54) is 263 Å². The minimum Gasteiger partial charge on any atom is -0.462 e. The molecule has 0 radical (unpaired) electrons. The van der Waals surface area contributed by atoms with Crippen LogP contribution in [0.4, 0.5) is 0 Å². The monoisotopic (exact) mass is 1540 g/mol. The molecule has 624 valence electrons. The third-order valence-corrected chi connectivity index (χ3v) is 22.0. The molecule has 0 rings (SSSR count). The Morgan fingerprint density at radius 1 is 0.257 bits per heavy atom. The van der Waals surface area contributed by atoms with Crippen LogP contribution in [-0.4, -0.2) is 96.7 Å². The van der Waals surface area contributed by atoms with Crippen LogP contribution >= 0.6 is 15.6 Å². The van der Waals surface area contributed by atoms with Crippen LogP contribution in [0.25, 0.3) is 0 Å². The molecular formula is C86H168O17P2. The number of hydrogen-bond acceptors (Lipinski definition) is 15. The second-order valence-corrected chi connectivity index (χ2v) is 35.3. The number of ether oxygens (including phenoxy) is 4. The Morgan fingerprint density at radius 2 is 0.438 bits per heavy atom. The van der Waals surface area contributed by atoms with Crippen LogP contribution in [0.3, 0.4) is 0 Å². The van der Waals surface area contributed by atoms with Crippen molar-refractivity contribution in [1.29, 1.82) is 0 Å². The van der Waals surface area contributed by atoms with Gasteiger partial charge < -0.3 is 33.8 Å². The summed E-state index contributed by atoms with van der Waals surface area (Å²) in [5, 5.41) is 10.7. The molecule has 0 heterocycles. The van der Waals surface area contributed by atoms with E-state index in [4.69, 9.17) is 37.0 Å². The van der Waals surface area contributed by atoms with Gasteiger partial charge in [-0.1, -0.05) is 402 Å². The van der Waals surface area contributed by atoms with Gasteiger partial charge in [-0.15, -0.1) is 0 Å². The Labute approximate surface area is 645 Å². The predicted octanol–water partition coefficient (Wildman–Crippen LogP) is 26.1. The number of hydrogen-bond donors (Lipinski definition) is 3. The van der Waals surface area contributed by atoms with E-state index in [9.17, 15) is 43.2 Å². The van der Waals surface area contributed by atoms with E-state index in [-0.39, 0.29) is 25.7 Å². The molecule has 0 amide bonds. The van der Waals surface area contributed by atoms with Gasteiger partial charge in [0.15, 0.2) is 12.2 Å². The Kier molecular flexibility index (Phi) is 74.7. The molecular weight excluding hydrogens is 1370 g/mol. The molecule has 0 saturated carbocycles. The number of unbranched alkanes of at least 4 members (excludes halogenated alkanes) is 52. The number of phosphoric ester groups is 2. The fraction of sp³-hybridized carbons (Fsp3) is 0.953. The Morgan fingerprint density at radius 3 is 0.648 bits per heavy atom. The molecule has 17 nitrogen and oxygen atoms in total. The number of esters is 4. The summed E-state index contributed by atoms with van der Waals surface area (Å²) in [6.07, 6.45) is 66.8. The summed E-state index contributed by atoms with van der Waals surface area (Å²) in [4.78, 5) is 73.2. The number of rotatable bonds is 84. The first kappa shape index (κ1) is 103. The molecule has 0 aliphatic rings. The molecule has 0 aromatic rings.